The van der Waals surface area contributed by atoms with E-state index < -0.39 is 6.03 Å². The quantitative estimate of drug-likeness (QED) is 0.580. The number of nitrogens with zero attached hydrogens (tertiary/aromatic N) is 1. The number of hydrogen-bond donors (Lipinski definition) is 2. The fourth-order valence-corrected chi connectivity index (χ4v) is 0.472. The number of nitrogens with two attached hydrogens (primary N) is 1. The molecule has 70 valence electrons. The summed E-state index contributed by atoms with van der Waals surface area (Å²) in [6.45, 7) is 3.58. The lowest BCUT2D eigenvalue weighted by atomic mass is 10.5. The molecule has 0 aliphatic rings. The zero-order valence-corrected chi connectivity index (χ0v) is 7.16. The van der Waals surface area contributed by atoms with Gasteiger partial charge in [0, 0.05) is 6.42 Å². The van der Waals surface area contributed by atoms with Gasteiger partial charge in [0.1, 0.15) is 0 Å². The normalized spacial score (nSPS) is 9.17. The monoisotopic (exact) mass is 175 g/mol. The molecule has 12 heavy (non-hydrogen) atoms. The van der Waals surface area contributed by atoms with Gasteiger partial charge in [-0.3, -0.25) is 4.79 Å². The largest absolute Gasteiger partial charge is 0.358 e. The molecule has 0 aliphatic heterocycles. The first kappa shape index (κ1) is 10.7. The van der Waals surface area contributed by atoms with Gasteiger partial charge in [0.15, 0.2) is 0 Å². The van der Waals surface area contributed by atoms with Crippen LogP contribution in [-0.2, 0) is 9.63 Å². The van der Waals surface area contributed by atoms with Crippen molar-refractivity contribution in [2.75, 3.05) is 6.61 Å². The van der Waals surface area contributed by atoms with E-state index >= 15 is 0 Å². The summed E-state index contributed by atoms with van der Waals surface area (Å²) in [6.07, 6.45) is 0.261. The Bertz CT molecular complexity index is 169. The van der Waals surface area contributed by atoms with Gasteiger partial charge in [-0.25, -0.2) is 15.1 Å². The molecule has 0 saturated carbocycles. The summed E-state index contributed by atoms with van der Waals surface area (Å²) in [7, 11) is 0. The van der Waals surface area contributed by atoms with Crippen LogP contribution < -0.4 is 11.2 Å². The average Bonchev–Trinajstić information content (AvgIpc) is 2.03. The number of nitrogens with one attached hydrogen (secondary N) is 1. The van der Waals surface area contributed by atoms with E-state index in [0.717, 1.165) is 0 Å². The molecule has 0 radical (unpaired) electrons. The summed E-state index contributed by atoms with van der Waals surface area (Å²) in [5, 5.41) is 0.617. The molecule has 0 heterocycles. The van der Waals surface area contributed by atoms with Crippen molar-refractivity contribution in [2.45, 2.75) is 20.3 Å². The van der Waals surface area contributed by atoms with E-state index in [1.165, 1.54) is 0 Å². The molecule has 0 aromatic rings. The Labute approximate surface area is 70.6 Å². The molecule has 0 fully saturated rings. The third kappa shape index (κ3) is 3.77. The SMILES string of the molecule is CCON(NC(=O)CC)C(N)=O. The lowest BCUT2D eigenvalue weighted by Crippen LogP contribution is -2.48. The second kappa shape index (κ2) is 5.36. The van der Waals surface area contributed by atoms with Crippen molar-refractivity contribution in [3.05, 3.63) is 0 Å². The maximum absolute atomic E-state index is 10.8. The molecule has 0 spiro atoms. The lowest BCUT2D eigenvalue weighted by Gasteiger charge is -2.18. The fraction of sp³-hybridized carbons (Fsp3) is 0.667. The molecular weight excluding hydrogens is 162 g/mol. The van der Waals surface area contributed by atoms with Gasteiger partial charge in [0.2, 0.25) is 5.91 Å². The fourth-order valence-electron chi connectivity index (χ4n) is 0.472. The molecule has 0 aliphatic carbocycles. The zero-order chi connectivity index (χ0) is 9.56. The minimum atomic E-state index is -0.848. The Morgan fingerprint density at radius 2 is 2.08 bits per heavy atom. The van der Waals surface area contributed by atoms with Crippen LogP contribution in [0, 0.1) is 0 Å². The standard InChI is InChI=1S/C6H13N3O3/c1-3-5(10)8-9(6(7)11)12-4-2/h3-4H2,1-2H3,(H2,7,11)(H,8,10). The first-order chi connectivity index (χ1) is 5.61. The molecule has 0 saturated heterocycles. The maximum atomic E-state index is 10.8. The number of primary amides is 1. The van der Waals surface area contributed by atoms with Crippen molar-refractivity contribution < 1.29 is 14.4 Å². The highest BCUT2D eigenvalue weighted by atomic mass is 16.7. The van der Waals surface area contributed by atoms with Gasteiger partial charge in [-0.2, -0.15) is 0 Å². The highest BCUT2D eigenvalue weighted by molar-refractivity contribution is 5.79. The Kier molecular flexibility index (Phi) is 4.78. The molecule has 0 bridgehead atoms. The summed E-state index contributed by atoms with van der Waals surface area (Å²) in [5.74, 6) is -0.331. The Morgan fingerprint density at radius 3 is 2.42 bits per heavy atom. The second-order valence-electron chi connectivity index (χ2n) is 1.94. The van der Waals surface area contributed by atoms with Gasteiger partial charge in [-0.15, -0.1) is 5.17 Å². The maximum Gasteiger partial charge on any atom is 0.358 e. The Balaban J connectivity index is 3.95. The van der Waals surface area contributed by atoms with E-state index in [1.807, 2.05) is 0 Å². The minimum absolute atomic E-state index is 0.257. The molecule has 6 nitrogen and oxygen atoms in total. The van der Waals surface area contributed by atoms with Gasteiger partial charge in [0.05, 0.1) is 6.61 Å². The summed E-state index contributed by atoms with van der Waals surface area (Å²) in [6, 6.07) is -0.848. The van der Waals surface area contributed by atoms with Gasteiger partial charge < -0.3 is 5.73 Å². The molecule has 3 amide bonds. The summed E-state index contributed by atoms with van der Waals surface area (Å²) >= 11 is 0. The van der Waals surface area contributed by atoms with Crippen LogP contribution in [0.3, 0.4) is 0 Å². The van der Waals surface area contributed by atoms with Crippen LogP contribution in [-0.4, -0.2) is 23.7 Å². The molecule has 0 aromatic carbocycles. The van der Waals surface area contributed by atoms with E-state index in [1.54, 1.807) is 13.8 Å². The predicted octanol–water partition coefficient (Wildman–Crippen LogP) is -0.240. The predicted molar refractivity (Wildman–Crippen MR) is 41.5 cm³/mol. The molecule has 0 aromatic heterocycles. The number of rotatable bonds is 3. The van der Waals surface area contributed by atoms with Crippen LogP contribution in [0.4, 0.5) is 4.79 Å². The second-order valence-corrected chi connectivity index (χ2v) is 1.94. The molecular formula is C6H13N3O3. The Morgan fingerprint density at radius 1 is 1.50 bits per heavy atom. The highest BCUT2D eigenvalue weighted by Gasteiger charge is 2.11. The number of hydrogen-bond acceptors (Lipinski definition) is 3. The molecule has 0 atom stereocenters. The van der Waals surface area contributed by atoms with Crippen molar-refractivity contribution in [3.8, 4) is 0 Å². The average molecular weight is 175 g/mol. The first-order valence-electron chi connectivity index (χ1n) is 3.63. The van der Waals surface area contributed by atoms with Crippen LogP contribution in [0.2, 0.25) is 0 Å². The minimum Gasteiger partial charge on any atom is -0.348 e. The van der Waals surface area contributed by atoms with Crippen LogP contribution in [0.15, 0.2) is 0 Å². The first-order valence-corrected chi connectivity index (χ1v) is 3.63. The number of carbonyl (C=O) groups excluding carboxylic acids is 2. The Hall–Kier alpha value is -1.30. The number of amides is 3. The van der Waals surface area contributed by atoms with E-state index in [4.69, 9.17) is 10.6 Å². The summed E-state index contributed by atoms with van der Waals surface area (Å²) in [4.78, 5) is 26.0. The third-order valence-corrected chi connectivity index (χ3v) is 1.01. The molecule has 0 rings (SSSR count). The topological polar surface area (TPSA) is 84.7 Å². The number of hydrazine groups is 1. The number of hydroxylamine groups is 1. The van der Waals surface area contributed by atoms with E-state index in [2.05, 4.69) is 5.43 Å². The summed E-state index contributed by atoms with van der Waals surface area (Å²) in [5.41, 5.74) is 7.04. The molecule has 3 N–H and O–H groups in total. The summed E-state index contributed by atoms with van der Waals surface area (Å²) < 4.78 is 0. The van der Waals surface area contributed by atoms with Crippen LogP contribution >= 0.6 is 0 Å². The zero-order valence-electron chi connectivity index (χ0n) is 7.16. The van der Waals surface area contributed by atoms with Gasteiger partial charge in [-0.1, -0.05) is 6.92 Å². The highest BCUT2D eigenvalue weighted by Crippen LogP contribution is 1.86. The van der Waals surface area contributed by atoms with E-state index in [0.29, 0.717) is 5.17 Å². The smallest absolute Gasteiger partial charge is 0.348 e. The number of urea groups is 1. The van der Waals surface area contributed by atoms with Crippen LogP contribution in [0.1, 0.15) is 20.3 Å². The van der Waals surface area contributed by atoms with E-state index in [9.17, 15) is 9.59 Å². The van der Waals surface area contributed by atoms with Crippen molar-refractivity contribution in [2.24, 2.45) is 5.73 Å². The van der Waals surface area contributed by atoms with Gasteiger partial charge >= 0.3 is 6.03 Å². The third-order valence-electron chi connectivity index (χ3n) is 1.01. The number of carbonyl (C=O) groups is 2. The lowest BCUT2D eigenvalue weighted by molar-refractivity contribution is -0.163. The molecule has 6 heteroatoms. The van der Waals surface area contributed by atoms with Gasteiger partial charge in [0.25, 0.3) is 0 Å². The van der Waals surface area contributed by atoms with E-state index in [-0.39, 0.29) is 18.9 Å². The van der Waals surface area contributed by atoms with Crippen LogP contribution in [0.25, 0.3) is 0 Å². The van der Waals surface area contributed by atoms with Crippen LogP contribution in [0.5, 0.6) is 0 Å². The van der Waals surface area contributed by atoms with Crippen molar-refractivity contribution in [1.29, 1.82) is 0 Å². The molecule has 0 unspecified atom stereocenters. The van der Waals surface area contributed by atoms with Gasteiger partial charge in [-0.05, 0) is 6.92 Å². The van der Waals surface area contributed by atoms with Crippen molar-refractivity contribution in [3.63, 3.8) is 0 Å². The van der Waals surface area contributed by atoms with Crippen molar-refractivity contribution >= 4 is 11.9 Å². The van der Waals surface area contributed by atoms with Crippen molar-refractivity contribution in [1.82, 2.24) is 10.6 Å².